The van der Waals surface area contributed by atoms with Crippen molar-refractivity contribution in [3.8, 4) is 0 Å². The Morgan fingerprint density at radius 3 is 2.03 bits per heavy atom. The third-order valence-corrected chi connectivity index (χ3v) is 6.25. The van der Waals surface area contributed by atoms with E-state index in [1.807, 2.05) is 48.2 Å². The number of benzene rings is 1. The number of likely N-dealkylation sites (N-methyl/N-ethyl adjacent to an activating group) is 2. The molecule has 0 bridgehead atoms. The van der Waals surface area contributed by atoms with Crippen LogP contribution < -0.4 is 5.32 Å². The smallest absolute Gasteiger partial charge is 0.317 e. The van der Waals surface area contributed by atoms with Crippen LogP contribution in [0.1, 0.15) is 5.56 Å². The van der Waals surface area contributed by atoms with E-state index in [-0.39, 0.29) is 30.8 Å². The summed E-state index contributed by atoms with van der Waals surface area (Å²) in [7, 11) is 4.06. The summed E-state index contributed by atoms with van der Waals surface area (Å²) >= 11 is 3.97. The van der Waals surface area contributed by atoms with Crippen LogP contribution in [0.15, 0.2) is 24.3 Å². The average Bonchev–Trinajstić information content (AvgIpc) is 2.78. The van der Waals surface area contributed by atoms with E-state index < -0.39 is 11.9 Å². The SMILES string of the molecule is CN1CCN(C)CCN(CC(=O)O)[C@@H](Cc2ccc(NC(=O)CS)cc2)CN(CC(=O)O)CC1. The van der Waals surface area contributed by atoms with Crippen LogP contribution in [0.25, 0.3) is 0 Å². The molecule has 1 amide bonds. The number of aliphatic carboxylic acids is 2. The van der Waals surface area contributed by atoms with Crippen molar-refractivity contribution < 1.29 is 24.6 Å². The molecule has 34 heavy (non-hydrogen) atoms. The number of rotatable bonds is 8. The molecule has 2 rings (SSSR count). The molecule has 0 unspecified atom stereocenters. The topological polar surface area (TPSA) is 117 Å². The van der Waals surface area contributed by atoms with Crippen LogP contribution in [0.2, 0.25) is 0 Å². The molecular formula is C23H37N5O5S. The minimum absolute atomic E-state index is 0.0943. The molecule has 1 aromatic carbocycles. The summed E-state index contributed by atoms with van der Waals surface area (Å²) in [6, 6.07) is 7.25. The number of carboxylic acids is 2. The molecule has 1 aliphatic heterocycles. The first-order valence-corrected chi connectivity index (χ1v) is 12.1. The van der Waals surface area contributed by atoms with E-state index in [9.17, 15) is 24.6 Å². The Balaban J connectivity index is 2.28. The minimum atomic E-state index is -0.908. The number of anilines is 1. The highest BCUT2D eigenvalue weighted by Crippen LogP contribution is 2.16. The van der Waals surface area contributed by atoms with Gasteiger partial charge in [0.2, 0.25) is 5.91 Å². The summed E-state index contributed by atoms with van der Waals surface area (Å²) in [6.07, 6.45) is 0.559. The first-order valence-electron chi connectivity index (χ1n) is 11.4. The summed E-state index contributed by atoms with van der Waals surface area (Å²) < 4.78 is 0. The molecule has 1 saturated heterocycles. The van der Waals surface area contributed by atoms with Gasteiger partial charge in [-0.05, 0) is 38.2 Å². The lowest BCUT2D eigenvalue weighted by Crippen LogP contribution is -2.52. The molecule has 1 heterocycles. The van der Waals surface area contributed by atoms with Crippen molar-refractivity contribution in [1.82, 2.24) is 19.6 Å². The number of carboxylic acid groups (broad SMARTS) is 2. The Morgan fingerprint density at radius 2 is 1.47 bits per heavy atom. The first kappa shape index (κ1) is 28.1. The van der Waals surface area contributed by atoms with Gasteiger partial charge in [-0.15, -0.1) is 0 Å². The monoisotopic (exact) mass is 495 g/mol. The van der Waals surface area contributed by atoms with E-state index in [4.69, 9.17) is 0 Å². The molecule has 10 nitrogen and oxygen atoms in total. The zero-order valence-electron chi connectivity index (χ0n) is 20.0. The molecule has 1 atom stereocenters. The molecule has 1 fully saturated rings. The van der Waals surface area contributed by atoms with Gasteiger partial charge >= 0.3 is 11.9 Å². The summed E-state index contributed by atoms with van der Waals surface area (Å²) in [5, 5.41) is 21.8. The van der Waals surface area contributed by atoms with E-state index in [1.165, 1.54) is 0 Å². The zero-order chi connectivity index (χ0) is 25.1. The lowest BCUT2D eigenvalue weighted by Gasteiger charge is -2.37. The predicted octanol–water partition coefficient (Wildman–Crippen LogP) is 0.116. The van der Waals surface area contributed by atoms with Gasteiger partial charge in [0.25, 0.3) is 0 Å². The van der Waals surface area contributed by atoms with Crippen LogP contribution >= 0.6 is 12.6 Å². The highest BCUT2D eigenvalue weighted by atomic mass is 32.1. The normalized spacial score (nSPS) is 20.3. The highest BCUT2D eigenvalue weighted by molar-refractivity contribution is 7.81. The van der Waals surface area contributed by atoms with Gasteiger partial charge in [0.1, 0.15) is 0 Å². The van der Waals surface area contributed by atoms with Crippen molar-refractivity contribution >= 4 is 36.2 Å². The van der Waals surface area contributed by atoms with Crippen molar-refractivity contribution in [2.45, 2.75) is 12.5 Å². The fraction of sp³-hybridized carbons (Fsp3) is 0.609. The largest absolute Gasteiger partial charge is 0.480 e. The summed E-state index contributed by atoms with van der Waals surface area (Å²) in [5.74, 6) is -1.91. The molecule has 0 radical (unpaired) electrons. The maximum Gasteiger partial charge on any atom is 0.317 e. The number of carbonyl (C=O) groups excluding carboxylic acids is 1. The van der Waals surface area contributed by atoms with Crippen molar-refractivity contribution in [3.05, 3.63) is 29.8 Å². The van der Waals surface area contributed by atoms with Crippen LogP contribution in [-0.4, -0.2) is 132 Å². The average molecular weight is 496 g/mol. The molecular weight excluding hydrogens is 458 g/mol. The predicted molar refractivity (Wildman–Crippen MR) is 135 cm³/mol. The number of nitrogens with one attached hydrogen (secondary N) is 1. The molecule has 11 heteroatoms. The van der Waals surface area contributed by atoms with E-state index in [0.717, 1.165) is 25.2 Å². The van der Waals surface area contributed by atoms with Crippen LogP contribution in [0.4, 0.5) is 5.69 Å². The summed E-state index contributed by atoms with van der Waals surface area (Å²) in [5.41, 5.74) is 1.65. The van der Waals surface area contributed by atoms with Crippen molar-refractivity contribution in [3.63, 3.8) is 0 Å². The minimum Gasteiger partial charge on any atom is -0.480 e. The molecule has 3 N–H and O–H groups in total. The second-order valence-corrected chi connectivity index (χ2v) is 9.18. The molecule has 190 valence electrons. The number of carbonyl (C=O) groups is 3. The van der Waals surface area contributed by atoms with Crippen LogP contribution in [0, 0.1) is 0 Å². The Bertz CT molecular complexity index is 809. The number of nitrogens with zero attached hydrogens (tertiary/aromatic N) is 4. The molecule has 0 aromatic heterocycles. The van der Waals surface area contributed by atoms with E-state index >= 15 is 0 Å². The Morgan fingerprint density at radius 1 is 0.912 bits per heavy atom. The van der Waals surface area contributed by atoms with Crippen LogP contribution in [-0.2, 0) is 20.8 Å². The second kappa shape index (κ2) is 14.3. The standard InChI is InChI=1S/C23H37N5O5S/c1-25-7-8-26(2)10-12-28(16-23(32)33)20(14-27(11-9-25)15-22(30)31)13-18-3-5-19(6-4-18)24-21(29)17-34/h3-6,20,34H,7-17H2,1-2H3,(H,24,29)(H,30,31)(H,32,33)/t20-/m0/s1. The van der Waals surface area contributed by atoms with Gasteiger partial charge in [-0.1, -0.05) is 12.1 Å². The van der Waals surface area contributed by atoms with Crippen LogP contribution in [0.3, 0.4) is 0 Å². The third kappa shape index (κ3) is 10.4. The van der Waals surface area contributed by atoms with Gasteiger partial charge in [0, 0.05) is 57.5 Å². The maximum atomic E-state index is 11.7. The lowest BCUT2D eigenvalue weighted by atomic mass is 10.0. The fourth-order valence-electron chi connectivity index (χ4n) is 3.97. The van der Waals surface area contributed by atoms with Gasteiger partial charge in [0.15, 0.2) is 0 Å². The van der Waals surface area contributed by atoms with Gasteiger partial charge in [0.05, 0.1) is 18.8 Å². The molecule has 0 saturated carbocycles. The first-order chi connectivity index (χ1) is 16.2. The quantitative estimate of drug-likeness (QED) is 0.373. The van der Waals surface area contributed by atoms with Gasteiger partial charge < -0.3 is 25.3 Å². The van der Waals surface area contributed by atoms with Crippen molar-refractivity contribution in [2.75, 3.05) is 84.1 Å². The molecule has 1 aromatic rings. The van der Waals surface area contributed by atoms with Gasteiger partial charge in [-0.3, -0.25) is 24.2 Å². The van der Waals surface area contributed by atoms with E-state index in [2.05, 4.69) is 27.7 Å². The fourth-order valence-corrected chi connectivity index (χ4v) is 4.05. The number of hydrogen-bond donors (Lipinski definition) is 4. The third-order valence-electron chi connectivity index (χ3n) is 5.97. The van der Waals surface area contributed by atoms with Gasteiger partial charge in [-0.25, -0.2) is 0 Å². The number of hydrogen-bond acceptors (Lipinski definition) is 8. The van der Waals surface area contributed by atoms with Crippen molar-refractivity contribution in [1.29, 1.82) is 0 Å². The number of amides is 1. The molecule has 0 aliphatic carbocycles. The second-order valence-electron chi connectivity index (χ2n) is 8.86. The summed E-state index contributed by atoms with van der Waals surface area (Å²) in [4.78, 5) is 43.0. The lowest BCUT2D eigenvalue weighted by molar-refractivity contribution is -0.141. The van der Waals surface area contributed by atoms with Crippen molar-refractivity contribution in [2.24, 2.45) is 0 Å². The van der Waals surface area contributed by atoms with E-state index in [0.29, 0.717) is 38.3 Å². The Labute approximate surface area is 206 Å². The van der Waals surface area contributed by atoms with Crippen LogP contribution in [0.5, 0.6) is 0 Å². The highest BCUT2D eigenvalue weighted by Gasteiger charge is 2.26. The molecule has 0 spiro atoms. The summed E-state index contributed by atoms with van der Waals surface area (Å²) in [6.45, 7) is 4.52. The maximum absolute atomic E-state index is 11.7. The Kier molecular flexibility index (Phi) is 11.8. The van der Waals surface area contributed by atoms with E-state index in [1.54, 1.807) is 0 Å². The zero-order valence-corrected chi connectivity index (χ0v) is 20.9. The Hall–Kier alpha value is -2.18. The molecule has 1 aliphatic rings. The number of thiol groups is 1. The van der Waals surface area contributed by atoms with Gasteiger partial charge in [-0.2, -0.15) is 12.6 Å².